The maximum absolute atomic E-state index is 2.77. The van der Waals surface area contributed by atoms with Crippen LogP contribution in [0.2, 0.25) is 0 Å². The molecule has 3 aromatic rings. The van der Waals surface area contributed by atoms with E-state index in [9.17, 15) is 0 Å². The number of hydrogen-bond donors (Lipinski definition) is 0. The molecular formula is C47H58Cl2Zr. The Morgan fingerprint density at radius 3 is 1.66 bits per heavy atom. The van der Waals surface area contributed by atoms with Crippen LogP contribution in [0.4, 0.5) is 0 Å². The number of halogens is 2. The van der Waals surface area contributed by atoms with E-state index in [1.54, 1.807) is 25.5 Å². The first-order valence-electron chi connectivity index (χ1n) is 19.2. The summed E-state index contributed by atoms with van der Waals surface area (Å²) in [7, 11) is 0. The predicted octanol–water partition coefficient (Wildman–Crippen LogP) is 6.67. The molecule has 6 aliphatic carbocycles. The minimum absolute atomic E-state index is 0. The second kappa shape index (κ2) is 13.7. The Labute approximate surface area is 324 Å². The fourth-order valence-corrected chi connectivity index (χ4v) is 21.0. The zero-order chi connectivity index (χ0) is 33.7. The normalized spacial score (nSPS) is 27.0. The molecule has 0 nitrogen and oxygen atoms in total. The summed E-state index contributed by atoms with van der Waals surface area (Å²) >= 11 is -2.65. The molecule has 4 fully saturated rings. The summed E-state index contributed by atoms with van der Waals surface area (Å²) in [5.41, 5.74) is 14.9. The second-order valence-corrected chi connectivity index (χ2v) is 25.7. The van der Waals surface area contributed by atoms with Crippen LogP contribution in [0, 0.1) is 29.1 Å². The van der Waals surface area contributed by atoms with Gasteiger partial charge in [0.05, 0.1) is 0 Å². The van der Waals surface area contributed by atoms with Crippen LogP contribution in [0.5, 0.6) is 0 Å². The zero-order valence-corrected chi connectivity index (χ0v) is 36.0. The summed E-state index contributed by atoms with van der Waals surface area (Å²) < 4.78 is 4.08. The van der Waals surface area contributed by atoms with Gasteiger partial charge in [0.15, 0.2) is 0 Å². The van der Waals surface area contributed by atoms with Gasteiger partial charge in [-0.05, 0) is 0 Å². The molecule has 4 saturated carbocycles. The summed E-state index contributed by atoms with van der Waals surface area (Å²) in [4.78, 5) is 0. The van der Waals surface area contributed by atoms with Gasteiger partial charge in [0, 0.05) is 0 Å². The molecule has 6 aliphatic rings. The minimum atomic E-state index is -2.65. The van der Waals surface area contributed by atoms with Crippen molar-refractivity contribution in [1.29, 1.82) is 0 Å². The topological polar surface area (TPSA) is 0 Å². The first-order chi connectivity index (χ1) is 22.7. The summed E-state index contributed by atoms with van der Waals surface area (Å²) in [5.74, 6) is 3.57. The third kappa shape index (κ3) is 6.62. The van der Waals surface area contributed by atoms with Crippen molar-refractivity contribution in [3.05, 3.63) is 115 Å². The average molecular weight is 785 g/mol. The fraction of sp³-hybridized carbons (Fsp3) is 0.511. The van der Waals surface area contributed by atoms with E-state index in [2.05, 4.69) is 135 Å². The summed E-state index contributed by atoms with van der Waals surface area (Å²) in [6.45, 7) is 22.0. The zero-order valence-electron chi connectivity index (χ0n) is 32.0. The van der Waals surface area contributed by atoms with Gasteiger partial charge >= 0.3 is 301 Å². The summed E-state index contributed by atoms with van der Waals surface area (Å²) in [6, 6.07) is 26.7. The standard InChI is InChI=1S/C21H25.C18H25.C8H8.2ClH.Zr/c1-20(2,3)16-7-9-18-14(12-16)11-15-13-17(21(4,5)6)8-10-19(15)18;1-12-3-13(2)17(4-12)11-18-8-14-5-15(9-18)7-16(6-14)10-18;1-2-8-6-4-3-5-7-8;;;/h7-13H,1-6H3;4,12,14-16H,5-11H2,1-2H3;3-7H,1H3;2*1H;/q;;;;;+2/p-2. The van der Waals surface area contributed by atoms with Crippen molar-refractivity contribution in [3.63, 3.8) is 0 Å². The van der Waals surface area contributed by atoms with Crippen LogP contribution in [-0.2, 0) is 32.1 Å². The van der Waals surface area contributed by atoms with Gasteiger partial charge in [0.2, 0.25) is 0 Å². The van der Waals surface area contributed by atoms with Crippen molar-refractivity contribution in [2.45, 2.75) is 122 Å². The molecular weight excluding hydrogens is 727 g/mol. The van der Waals surface area contributed by atoms with E-state index < -0.39 is 21.3 Å². The van der Waals surface area contributed by atoms with Crippen molar-refractivity contribution in [1.82, 2.24) is 0 Å². The van der Waals surface area contributed by atoms with Gasteiger partial charge in [0.25, 0.3) is 0 Å². The summed E-state index contributed by atoms with van der Waals surface area (Å²) in [6.07, 6.45) is 13.2. The Hall–Kier alpha value is -1.53. The van der Waals surface area contributed by atoms with E-state index in [-0.39, 0.29) is 35.6 Å². The Bertz CT molecular complexity index is 1780. The Kier molecular flexibility index (Phi) is 10.5. The quantitative estimate of drug-likeness (QED) is 0.271. The van der Waals surface area contributed by atoms with Crippen molar-refractivity contribution < 1.29 is 46.1 Å². The molecule has 9 rings (SSSR count). The maximum Gasteiger partial charge on any atom is -1.00 e. The minimum Gasteiger partial charge on any atom is -1.00 e. The van der Waals surface area contributed by atoms with Crippen LogP contribution in [0.1, 0.15) is 139 Å². The van der Waals surface area contributed by atoms with E-state index in [0.29, 0.717) is 15.0 Å². The largest absolute Gasteiger partial charge is 1.00 e. The molecule has 0 radical (unpaired) electrons. The summed E-state index contributed by atoms with van der Waals surface area (Å²) in [5, 5.41) is 0. The van der Waals surface area contributed by atoms with Gasteiger partial charge in [-0.3, -0.25) is 0 Å². The van der Waals surface area contributed by atoms with Gasteiger partial charge < -0.3 is 24.8 Å². The average Bonchev–Trinajstić information content (AvgIpc) is 3.48. The SMILES string of the molecule is CC1=[C](/[Zr+2](=[C](/C)c2ccccc2)[CH]2c3cc(C(C)(C)C)ccc3-c3ccc(C(C)(C)C)cc32)C(C)C=C1CC12CC3CC(CC(C3)C1)C2.[Cl-].[Cl-]. The monoisotopic (exact) mass is 782 g/mol. The molecule has 1 unspecified atom stereocenters. The van der Waals surface area contributed by atoms with Crippen LogP contribution in [0.15, 0.2) is 87.2 Å². The van der Waals surface area contributed by atoms with E-state index in [0.717, 1.165) is 17.8 Å². The third-order valence-electron chi connectivity index (χ3n) is 13.5. The molecule has 0 heterocycles. The van der Waals surface area contributed by atoms with Crippen LogP contribution < -0.4 is 24.8 Å². The molecule has 1 atom stereocenters. The number of hydrogen-bond acceptors (Lipinski definition) is 0. The number of fused-ring (bicyclic) bond motifs is 3. The van der Waals surface area contributed by atoms with Crippen LogP contribution in [0.3, 0.4) is 0 Å². The molecule has 4 bridgehead atoms. The van der Waals surface area contributed by atoms with Crippen molar-refractivity contribution in [2.24, 2.45) is 29.1 Å². The van der Waals surface area contributed by atoms with Crippen molar-refractivity contribution >= 4 is 3.21 Å². The number of rotatable bonds is 5. The van der Waals surface area contributed by atoms with Gasteiger partial charge in [-0.15, -0.1) is 0 Å². The molecule has 50 heavy (non-hydrogen) atoms. The first-order valence-corrected chi connectivity index (χ1v) is 23.1. The van der Waals surface area contributed by atoms with Crippen LogP contribution in [0.25, 0.3) is 11.1 Å². The van der Waals surface area contributed by atoms with E-state index >= 15 is 0 Å². The van der Waals surface area contributed by atoms with Gasteiger partial charge in [-0.1, -0.05) is 0 Å². The smallest absolute Gasteiger partial charge is 1.00 e. The molecule has 0 spiro atoms. The third-order valence-corrected chi connectivity index (χ3v) is 22.6. The molecule has 3 heteroatoms. The second-order valence-electron chi connectivity index (χ2n) is 19.1. The molecule has 0 amide bonds. The van der Waals surface area contributed by atoms with Crippen molar-refractivity contribution in [2.75, 3.05) is 0 Å². The van der Waals surface area contributed by atoms with E-state index in [1.807, 2.05) is 3.28 Å². The Morgan fingerprint density at radius 2 is 1.20 bits per heavy atom. The molecule has 0 saturated heterocycles. The molecule has 264 valence electrons. The van der Waals surface area contributed by atoms with Gasteiger partial charge in [-0.2, -0.15) is 0 Å². The number of benzene rings is 3. The first kappa shape index (κ1) is 38.2. The number of allylic oxidation sites excluding steroid dienone is 4. The molecule has 0 aromatic heterocycles. The van der Waals surface area contributed by atoms with E-state index in [4.69, 9.17) is 0 Å². The van der Waals surface area contributed by atoms with Gasteiger partial charge in [-0.25, -0.2) is 0 Å². The maximum atomic E-state index is 2.77. The molecule has 0 N–H and O–H groups in total. The molecule has 0 aliphatic heterocycles. The predicted molar refractivity (Wildman–Crippen MR) is 203 cm³/mol. The Morgan fingerprint density at radius 1 is 0.720 bits per heavy atom. The van der Waals surface area contributed by atoms with Gasteiger partial charge in [0.1, 0.15) is 0 Å². The van der Waals surface area contributed by atoms with E-state index in [1.165, 1.54) is 72.8 Å². The van der Waals surface area contributed by atoms with Crippen molar-refractivity contribution in [3.8, 4) is 11.1 Å². The fourth-order valence-electron chi connectivity index (χ4n) is 11.5. The van der Waals surface area contributed by atoms with Crippen LogP contribution >= 0.6 is 0 Å². The van der Waals surface area contributed by atoms with Crippen LogP contribution in [-0.4, -0.2) is 3.21 Å². The molecule has 3 aromatic carbocycles. The Balaban J connectivity index is 0.00000216.